The molecular formula is C16H21NO9. The van der Waals surface area contributed by atoms with Gasteiger partial charge in [-0.05, 0) is 0 Å². The van der Waals surface area contributed by atoms with Gasteiger partial charge in [0, 0.05) is 27.7 Å². The lowest BCUT2D eigenvalue weighted by Gasteiger charge is -2.41. The van der Waals surface area contributed by atoms with E-state index in [9.17, 15) is 24.0 Å². The molecule has 0 radical (unpaired) electrons. The molecule has 0 aromatic carbocycles. The Balaban J connectivity index is 2.40. The number of nitrogens with zero attached hydrogens (tertiary/aromatic N) is 1. The molecule has 10 heteroatoms. The van der Waals surface area contributed by atoms with E-state index in [1.807, 2.05) is 0 Å². The number of piperidine rings is 1. The highest BCUT2D eigenvalue weighted by Crippen LogP contribution is 2.35. The van der Waals surface area contributed by atoms with Crippen LogP contribution in [-0.2, 0) is 42.9 Å². The maximum absolute atomic E-state index is 12.5. The van der Waals surface area contributed by atoms with Crippen molar-refractivity contribution in [2.75, 3.05) is 6.54 Å². The summed E-state index contributed by atoms with van der Waals surface area (Å²) in [5.74, 6) is -2.96. The molecule has 2 fully saturated rings. The van der Waals surface area contributed by atoms with Crippen LogP contribution < -0.4 is 0 Å². The fraction of sp³-hybridized carbons (Fsp3) is 0.688. The fourth-order valence-electron chi connectivity index (χ4n) is 3.39. The summed E-state index contributed by atoms with van der Waals surface area (Å²) in [6, 6.07) is -0.933. The van der Waals surface area contributed by atoms with Crippen LogP contribution in [0.1, 0.15) is 34.1 Å². The number of carbonyl (C=O) groups excluding carboxylic acids is 5. The molecule has 26 heavy (non-hydrogen) atoms. The van der Waals surface area contributed by atoms with Crippen LogP contribution in [0.15, 0.2) is 0 Å². The van der Waals surface area contributed by atoms with E-state index in [4.69, 9.17) is 18.9 Å². The standard InChI is InChI=1S/C16H21NO9/c1-7(18)23-11-5-13(22)17-6-12(24-8(2)19)16(26-10(4)21)14(17)15(11)25-9(3)20/h11-12,14-16H,5-6H2,1-4H3/t11-,12+,14+,15+,16+/m1/s1. The summed E-state index contributed by atoms with van der Waals surface area (Å²) in [5.41, 5.74) is 0. The molecule has 1 amide bonds. The Hall–Kier alpha value is -2.65. The van der Waals surface area contributed by atoms with Gasteiger partial charge < -0.3 is 23.8 Å². The number of carbonyl (C=O) groups is 5. The van der Waals surface area contributed by atoms with Crippen molar-refractivity contribution in [1.29, 1.82) is 0 Å². The average molecular weight is 371 g/mol. The van der Waals surface area contributed by atoms with Crippen molar-refractivity contribution >= 4 is 29.8 Å². The average Bonchev–Trinajstić information content (AvgIpc) is 2.80. The lowest BCUT2D eigenvalue weighted by Crippen LogP contribution is -2.60. The fourth-order valence-corrected chi connectivity index (χ4v) is 3.39. The maximum atomic E-state index is 12.5. The molecule has 2 saturated heterocycles. The minimum Gasteiger partial charge on any atom is -0.458 e. The monoisotopic (exact) mass is 371 g/mol. The van der Waals surface area contributed by atoms with E-state index in [1.54, 1.807) is 0 Å². The second kappa shape index (κ2) is 7.71. The third kappa shape index (κ3) is 4.30. The van der Waals surface area contributed by atoms with Crippen molar-refractivity contribution in [3.05, 3.63) is 0 Å². The first-order chi connectivity index (χ1) is 12.1. The molecule has 2 rings (SSSR count). The summed E-state index contributed by atoms with van der Waals surface area (Å²) < 4.78 is 20.9. The molecule has 0 bridgehead atoms. The first-order valence-corrected chi connectivity index (χ1v) is 8.08. The number of amides is 1. The molecule has 0 N–H and O–H groups in total. The Morgan fingerprint density at radius 1 is 0.769 bits per heavy atom. The third-order valence-corrected chi connectivity index (χ3v) is 4.08. The zero-order valence-electron chi connectivity index (χ0n) is 14.9. The van der Waals surface area contributed by atoms with E-state index in [-0.39, 0.29) is 13.0 Å². The Bertz CT molecular complexity index is 631. The number of esters is 4. The van der Waals surface area contributed by atoms with Gasteiger partial charge in [0.2, 0.25) is 5.91 Å². The maximum Gasteiger partial charge on any atom is 0.303 e. The van der Waals surface area contributed by atoms with Gasteiger partial charge in [0.15, 0.2) is 18.3 Å². The SMILES string of the molecule is CC(=O)O[C@@H]1[C@@H]2[C@@H](OC(C)=O)[C@H](OC(C)=O)CC(=O)N2C[C@@H]1OC(C)=O. The predicted octanol–water partition coefficient (Wildman–Crippen LogP) is -0.672. The van der Waals surface area contributed by atoms with Gasteiger partial charge in [-0.15, -0.1) is 0 Å². The molecule has 2 aliphatic heterocycles. The highest BCUT2D eigenvalue weighted by atomic mass is 16.6. The summed E-state index contributed by atoms with van der Waals surface area (Å²) in [5, 5.41) is 0. The molecule has 5 atom stereocenters. The third-order valence-electron chi connectivity index (χ3n) is 4.08. The first kappa shape index (κ1) is 19.7. The van der Waals surface area contributed by atoms with E-state index >= 15 is 0 Å². The number of rotatable bonds is 4. The molecule has 0 unspecified atom stereocenters. The van der Waals surface area contributed by atoms with Gasteiger partial charge in [-0.1, -0.05) is 0 Å². The summed E-state index contributed by atoms with van der Waals surface area (Å²) >= 11 is 0. The minimum atomic E-state index is -1.06. The van der Waals surface area contributed by atoms with Gasteiger partial charge in [-0.2, -0.15) is 0 Å². The topological polar surface area (TPSA) is 126 Å². The Kier molecular flexibility index (Phi) is 5.83. The number of hydrogen-bond acceptors (Lipinski definition) is 9. The van der Waals surface area contributed by atoms with E-state index < -0.39 is 60.2 Å². The summed E-state index contributed by atoms with van der Waals surface area (Å²) in [6.07, 6.45) is -4.26. The van der Waals surface area contributed by atoms with Gasteiger partial charge in [-0.25, -0.2) is 0 Å². The lowest BCUT2D eigenvalue weighted by atomic mass is 9.93. The molecule has 144 valence electrons. The van der Waals surface area contributed by atoms with Crippen molar-refractivity contribution in [2.45, 2.75) is 64.6 Å². The smallest absolute Gasteiger partial charge is 0.303 e. The Labute approximate surface area is 149 Å². The zero-order valence-corrected chi connectivity index (χ0v) is 14.9. The van der Waals surface area contributed by atoms with Crippen LogP contribution in [0.2, 0.25) is 0 Å². The Morgan fingerprint density at radius 2 is 1.19 bits per heavy atom. The first-order valence-electron chi connectivity index (χ1n) is 8.08. The second-order valence-electron chi connectivity index (χ2n) is 6.18. The van der Waals surface area contributed by atoms with Crippen LogP contribution in [0.4, 0.5) is 0 Å². The molecule has 2 aliphatic rings. The van der Waals surface area contributed by atoms with Gasteiger partial charge >= 0.3 is 23.9 Å². The van der Waals surface area contributed by atoms with Crippen molar-refractivity contribution in [3.63, 3.8) is 0 Å². The number of hydrogen-bond donors (Lipinski definition) is 0. The van der Waals surface area contributed by atoms with E-state index in [0.29, 0.717) is 0 Å². The molecule has 0 aromatic heterocycles. The van der Waals surface area contributed by atoms with Crippen molar-refractivity contribution in [2.24, 2.45) is 0 Å². The van der Waals surface area contributed by atoms with Crippen LogP contribution in [0, 0.1) is 0 Å². The van der Waals surface area contributed by atoms with E-state index in [1.165, 1.54) is 32.6 Å². The molecule has 0 saturated carbocycles. The largest absolute Gasteiger partial charge is 0.458 e. The molecule has 0 spiro atoms. The molecule has 0 aliphatic carbocycles. The lowest BCUT2D eigenvalue weighted by molar-refractivity contribution is -0.189. The molecule has 10 nitrogen and oxygen atoms in total. The zero-order chi connectivity index (χ0) is 19.6. The summed E-state index contributed by atoms with van der Waals surface area (Å²) in [6.45, 7) is 4.68. The summed E-state index contributed by atoms with van der Waals surface area (Å²) in [4.78, 5) is 59.6. The quantitative estimate of drug-likeness (QED) is 0.467. The van der Waals surface area contributed by atoms with Crippen molar-refractivity contribution in [1.82, 2.24) is 4.90 Å². The van der Waals surface area contributed by atoms with Gasteiger partial charge in [0.05, 0.1) is 13.0 Å². The highest BCUT2D eigenvalue weighted by molar-refractivity contribution is 5.80. The predicted molar refractivity (Wildman–Crippen MR) is 82.3 cm³/mol. The van der Waals surface area contributed by atoms with Gasteiger partial charge in [-0.3, -0.25) is 24.0 Å². The van der Waals surface area contributed by atoms with Gasteiger partial charge in [0.25, 0.3) is 0 Å². The van der Waals surface area contributed by atoms with Gasteiger partial charge in [0.1, 0.15) is 12.1 Å². The van der Waals surface area contributed by atoms with Crippen molar-refractivity contribution < 1.29 is 42.9 Å². The van der Waals surface area contributed by atoms with Crippen molar-refractivity contribution in [3.8, 4) is 0 Å². The van der Waals surface area contributed by atoms with E-state index in [2.05, 4.69) is 0 Å². The molecular weight excluding hydrogens is 350 g/mol. The van der Waals surface area contributed by atoms with Crippen LogP contribution in [0.3, 0.4) is 0 Å². The van der Waals surface area contributed by atoms with Crippen LogP contribution in [0.25, 0.3) is 0 Å². The second-order valence-corrected chi connectivity index (χ2v) is 6.18. The molecule has 0 aromatic rings. The number of fused-ring (bicyclic) bond motifs is 1. The summed E-state index contributed by atoms with van der Waals surface area (Å²) in [7, 11) is 0. The minimum absolute atomic E-state index is 0.0222. The van der Waals surface area contributed by atoms with E-state index in [0.717, 1.165) is 0 Å². The van der Waals surface area contributed by atoms with Crippen LogP contribution in [-0.4, -0.2) is 71.7 Å². The molecule has 2 heterocycles. The Morgan fingerprint density at radius 3 is 1.65 bits per heavy atom. The normalized spacial score (nSPS) is 30.2. The van der Waals surface area contributed by atoms with Crippen LogP contribution in [0.5, 0.6) is 0 Å². The highest BCUT2D eigenvalue weighted by Gasteiger charge is 2.58. The number of ether oxygens (including phenoxy) is 4. The van der Waals surface area contributed by atoms with Crippen LogP contribution >= 0.6 is 0 Å².